The summed E-state index contributed by atoms with van der Waals surface area (Å²) in [6.07, 6.45) is 2.15. The summed E-state index contributed by atoms with van der Waals surface area (Å²) < 4.78 is 4.98. The smallest absolute Gasteiger partial charge is 0.356 e. The zero-order chi connectivity index (χ0) is 30.1. The number of unbranched alkanes of at least 4 members (excludes halogenated alkanes) is 4. The molecular formula is C27H39N3O10. The normalized spacial score (nSPS) is 12.2. The Balaban J connectivity index is 3.05. The summed E-state index contributed by atoms with van der Waals surface area (Å²) >= 11 is 0. The molecule has 3 amide bonds. The van der Waals surface area contributed by atoms with Gasteiger partial charge in [0.2, 0.25) is 17.7 Å². The molecule has 40 heavy (non-hydrogen) atoms. The summed E-state index contributed by atoms with van der Waals surface area (Å²) in [5.74, 6) is -6.48. The molecule has 0 radical (unpaired) electrons. The molecular weight excluding hydrogens is 526 g/mol. The molecule has 0 heterocycles. The van der Waals surface area contributed by atoms with Gasteiger partial charge in [0.1, 0.15) is 17.8 Å². The molecule has 0 bridgehead atoms. The van der Waals surface area contributed by atoms with Crippen LogP contribution >= 0.6 is 0 Å². The summed E-state index contributed by atoms with van der Waals surface area (Å²) in [6.45, 7) is 4.34. The molecule has 0 saturated carbocycles. The predicted octanol–water partition coefficient (Wildman–Crippen LogP) is 1.48. The zero-order valence-electron chi connectivity index (χ0n) is 22.8. The molecule has 0 fully saturated rings. The minimum atomic E-state index is -2.10. The molecule has 0 spiro atoms. The van der Waals surface area contributed by atoms with Gasteiger partial charge in [-0.25, -0.2) is 9.59 Å². The lowest BCUT2D eigenvalue weighted by Gasteiger charge is -2.23. The van der Waals surface area contributed by atoms with E-state index in [0.717, 1.165) is 32.1 Å². The number of benzene rings is 1. The van der Waals surface area contributed by atoms with Crippen LogP contribution in [0.15, 0.2) is 24.3 Å². The SMILES string of the molecule is CCCCCNC(=O)[C@H](Cc1ccc(OC(C(=O)O)C(=O)O)cc1)NC(=O)[C@H](CC(=O)O)NC(=O)CCCCC. The number of rotatable bonds is 20. The van der Waals surface area contributed by atoms with Gasteiger partial charge in [-0.15, -0.1) is 0 Å². The van der Waals surface area contributed by atoms with E-state index in [9.17, 15) is 33.9 Å². The molecule has 222 valence electrons. The first-order valence-electron chi connectivity index (χ1n) is 13.3. The van der Waals surface area contributed by atoms with Crippen LogP contribution in [0.25, 0.3) is 0 Å². The maximum absolute atomic E-state index is 13.0. The van der Waals surface area contributed by atoms with Gasteiger partial charge >= 0.3 is 17.9 Å². The molecule has 0 aliphatic rings. The van der Waals surface area contributed by atoms with E-state index in [0.29, 0.717) is 18.5 Å². The fourth-order valence-corrected chi connectivity index (χ4v) is 3.66. The highest BCUT2D eigenvalue weighted by atomic mass is 16.5. The van der Waals surface area contributed by atoms with E-state index >= 15 is 0 Å². The Bertz CT molecular complexity index is 998. The van der Waals surface area contributed by atoms with Gasteiger partial charge in [-0.2, -0.15) is 0 Å². The van der Waals surface area contributed by atoms with Gasteiger partial charge in [0.15, 0.2) is 0 Å². The average molecular weight is 566 g/mol. The second-order valence-electron chi connectivity index (χ2n) is 9.26. The Kier molecular flexibility index (Phi) is 15.4. The Morgan fingerprint density at radius 2 is 1.38 bits per heavy atom. The molecule has 0 saturated heterocycles. The van der Waals surface area contributed by atoms with Crippen molar-refractivity contribution < 1.29 is 48.8 Å². The van der Waals surface area contributed by atoms with Gasteiger partial charge in [0.05, 0.1) is 6.42 Å². The number of carbonyl (C=O) groups is 6. The molecule has 0 unspecified atom stereocenters. The second-order valence-corrected chi connectivity index (χ2v) is 9.26. The van der Waals surface area contributed by atoms with E-state index in [1.807, 2.05) is 13.8 Å². The molecule has 13 nitrogen and oxygen atoms in total. The van der Waals surface area contributed by atoms with E-state index in [-0.39, 0.29) is 18.6 Å². The molecule has 0 aliphatic carbocycles. The highest BCUT2D eigenvalue weighted by Gasteiger charge is 2.30. The fourth-order valence-electron chi connectivity index (χ4n) is 3.66. The minimum absolute atomic E-state index is 0.0306. The van der Waals surface area contributed by atoms with Gasteiger partial charge in [0, 0.05) is 19.4 Å². The number of aliphatic carboxylic acids is 3. The lowest BCUT2D eigenvalue weighted by Crippen LogP contribution is -2.55. The van der Waals surface area contributed by atoms with Gasteiger partial charge in [0.25, 0.3) is 6.10 Å². The van der Waals surface area contributed by atoms with Crippen molar-refractivity contribution in [1.29, 1.82) is 0 Å². The van der Waals surface area contributed by atoms with Crippen molar-refractivity contribution in [2.75, 3.05) is 6.54 Å². The molecule has 1 rings (SSSR count). The van der Waals surface area contributed by atoms with Gasteiger partial charge in [-0.3, -0.25) is 19.2 Å². The van der Waals surface area contributed by atoms with Crippen molar-refractivity contribution in [3.05, 3.63) is 29.8 Å². The third-order valence-electron chi connectivity index (χ3n) is 5.82. The predicted molar refractivity (Wildman–Crippen MR) is 143 cm³/mol. The van der Waals surface area contributed by atoms with Gasteiger partial charge < -0.3 is 36.0 Å². The zero-order valence-corrected chi connectivity index (χ0v) is 22.8. The van der Waals surface area contributed by atoms with Crippen LogP contribution in [0.2, 0.25) is 0 Å². The van der Waals surface area contributed by atoms with Crippen molar-refractivity contribution in [2.24, 2.45) is 0 Å². The maximum Gasteiger partial charge on any atom is 0.356 e. The largest absolute Gasteiger partial charge is 0.481 e. The quantitative estimate of drug-likeness (QED) is 0.0990. The summed E-state index contributed by atoms with van der Waals surface area (Å²) in [4.78, 5) is 71.8. The molecule has 13 heteroatoms. The lowest BCUT2D eigenvalue weighted by atomic mass is 10.0. The van der Waals surface area contributed by atoms with Crippen LogP contribution in [-0.4, -0.2) is 75.7 Å². The molecule has 2 atom stereocenters. The third kappa shape index (κ3) is 13.1. The number of nitrogens with one attached hydrogen (secondary N) is 3. The topological polar surface area (TPSA) is 208 Å². The van der Waals surface area contributed by atoms with Crippen LogP contribution in [-0.2, 0) is 35.2 Å². The monoisotopic (exact) mass is 565 g/mol. The maximum atomic E-state index is 13.0. The van der Waals surface area contributed by atoms with Crippen molar-refractivity contribution in [2.45, 2.75) is 89.8 Å². The van der Waals surface area contributed by atoms with E-state index in [1.165, 1.54) is 24.3 Å². The van der Waals surface area contributed by atoms with Gasteiger partial charge in [-0.1, -0.05) is 51.7 Å². The summed E-state index contributed by atoms with van der Waals surface area (Å²) in [5.41, 5.74) is 0.516. The van der Waals surface area contributed by atoms with Crippen LogP contribution in [0.4, 0.5) is 0 Å². The number of carboxylic acids is 3. The summed E-state index contributed by atoms with van der Waals surface area (Å²) in [7, 11) is 0. The molecule has 0 aliphatic heterocycles. The number of hydrogen-bond donors (Lipinski definition) is 6. The third-order valence-corrected chi connectivity index (χ3v) is 5.82. The Hall–Kier alpha value is -4.16. The minimum Gasteiger partial charge on any atom is -0.481 e. The van der Waals surface area contributed by atoms with Crippen molar-refractivity contribution in [1.82, 2.24) is 16.0 Å². The first kappa shape index (κ1) is 33.9. The molecule has 1 aromatic rings. The molecule has 0 aromatic heterocycles. The molecule has 1 aromatic carbocycles. The van der Waals surface area contributed by atoms with Crippen molar-refractivity contribution >= 4 is 35.6 Å². The number of carboxylic acid groups (broad SMARTS) is 3. The van der Waals surface area contributed by atoms with E-state index < -0.39 is 60.2 Å². The average Bonchev–Trinajstić information content (AvgIpc) is 2.89. The Morgan fingerprint density at radius 1 is 0.775 bits per heavy atom. The summed E-state index contributed by atoms with van der Waals surface area (Å²) in [5, 5.41) is 35.0. The standard InChI is InChI=1S/C27H39N3O10/c1-3-5-7-9-21(31)29-20(16-22(32)33)25(35)30-19(24(34)28-14-8-6-4-2)15-17-10-12-18(13-11-17)40-23(26(36)37)27(38)39/h10-13,19-20,23H,3-9,14-16H2,1-2H3,(H,28,34)(H,29,31)(H,30,35)(H,32,33)(H,36,37)(H,38,39)/t19-,20-/m0/s1. The van der Waals surface area contributed by atoms with Crippen molar-refractivity contribution in [3.8, 4) is 5.75 Å². The van der Waals surface area contributed by atoms with E-state index in [1.54, 1.807) is 0 Å². The first-order valence-corrected chi connectivity index (χ1v) is 13.3. The number of amides is 3. The number of hydrogen-bond acceptors (Lipinski definition) is 7. The Morgan fingerprint density at radius 3 is 1.93 bits per heavy atom. The highest BCUT2D eigenvalue weighted by Crippen LogP contribution is 2.16. The van der Waals surface area contributed by atoms with Crippen LogP contribution < -0.4 is 20.7 Å². The first-order chi connectivity index (χ1) is 19.0. The number of carbonyl (C=O) groups excluding carboxylic acids is 3. The lowest BCUT2D eigenvalue weighted by molar-refractivity contribution is -0.159. The number of ether oxygens (including phenoxy) is 1. The van der Waals surface area contributed by atoms with Crippen LogP contribution in [0.5, 0.6) is 5.75 Å². The fraction of sp³-hybridized carbons (Fsp3) is 0.556. The second kappa shape index (κ2) is 18.2. The van der Waals surface area contributed by atoms with Crippen LogP contribution in [0, 0.1) is 0 Å². The van der Waals surface area contributed by atoms with E-state index in [4.69, 9.17) is 14.9 Å². The van der Waals surface area contributed by atoms with Crippen molar-refractivity contribution in [3.63, 3.8) is 0 Å². The molecule has 6 N–H and O–H groups in total. The summed E-state index contributed by atoms with van der Waals surface area (Å²) in [6, 6.07) is 3.10. The van der Waals surface area contributed by atoms with Crippen LogP contribution in [0.1, 0.15) is 70.8 Å². The van der Waals surface area contributed by atoms with Gasteiger partial charge in [-0.05, 0) is 30.5 Å². The van der Waals surface area contributed by atoms with E-state index in [2.05, 4.69) is 16.0 Å². The van der Waals surface area contributed by atoms with Crippen LogP contribution in [0.3, 0.4) is 0 Å². The highest BCUT2D eigenvalue weighted by molar-refractivity contribution is 5.96. The Labute approximate surface area is 232 Å².